The largest absolute Gasteiger partial charge is 0.337 e. The lowest BCUT2D eigenvalue weighted by molar-refractivity contribution is 0.0769. The first-order valence-electron chi connectivity index (χ1n) is 7.68. The second-order valence-corrected chi connectivity index (χ2v) is 7.32. The number of nitrogens with zero attached hydrogens (tertiary/aromatic N) is 2. The Balaban J connectivity index is 1.60. The monoisotopic (exact) mass is 399 g/mol. The van der Waals surface area contributed by atoms with Crippen molar-refractivity contribution in [3.05, 3.63) is 33.4 Å². The topological polar surface area (TPSA) is 49.6 Å². The number of amides is 1. The summed E-state index contributed by atoms with van der Waals surface area (Å²) >= 11 is 2.25. The van der Waals surface area contributed by atoms with Gasteiger partial charge in [-0.3, -0.25) is 9.69 Å². The Kier molecular flexibility index (Phi) is 4.81. The molecule has 0 aliphatic carbocycles. The lowest BCUT2D eigenvalue weighted by Gasteiger charge is -2.34. The number of piperidine rings is 1. The van der Waals surface area contributed by atoms with Crippen molar-refractivity contribution in [2.75, 3.05) is 26.2 Å². The standard InChI is InChI=1S/C16H22IN3O/c17-13-3-1-2-12(10-13)16(21)20-9-6-15(11-20)19-7-4-14(18)5-8-19/h1-3,10,14-15H,4-9,11,18H2. The van der Waals surface area contributed by atoms with Crippen LogP contribution in [-0.2, 0) is 0 Å². The van der Waals surface area contributed by atoms with E-state index in [0.717, 1.165) is 54.6 Å². The van der Waals surface area contributed by atoms with Crippen molar-refractivity contribution in [2.45, 2.75) is 31.3 Å². The molecular formula is C16H22IN3O. The molecule has 0 spiro atoms. The van der Waals surface area contributed by atoms with Crippen molar-refractivity contribution in [1.29, 1.82) is 0 Å². The van der Waals surface area contributed by atoms with E-state index in [1.807, 2.05) is 29.2 Å². The fourth-order valence-electron chi connectivity index (χ4n) is 3.31. The van der Waals surface area contributed by atoms with Gasteiger partial charge in [-0.25, -0.2) is 0 Å². The van der Waals surface area contributed by atoms with Gasteiger partial charge < -0.3 is 10.6 Å². The maximum absolute atomic E-state index is 12.6. The van der Waals surface area contributed by atoms with Crippen LogP contribution in [0.5, 0.6) is 0 Å². The highest BCUT2D eigenvalue weighted by Crippen LogP contribution is 2.21. The number of carbonyl (C=O) groups is 1. The molecule has 0 aromatic heterocycles. The van der Waals surface area contributed by atoms with Gasteiger partial charge in [-0.15, -0.1) is 0 Å². The van der Waals surface area contributed by atoms with Crippen LogP contribution in [-0.4, -0.2) is 54.0 Å². The third-order valence-corrected chi connectivity index (χ3v) is 5.28. The first-order chi connectivity index (χ1) is 10.1. The predicted octanol–water partition coefficient (Wildman–Crippen LogP) is 1.93. The van der Waals surface area contributed by atoms with Crippen molar-refractivity contribution in [3.8, 4) is 0 Å². The minimum Gasteiger partial charge on any atom is -0.337 e. The molecule has 5 heteroatoms. The Morgan fingerprint density at radius 2 is 1.95 bits per heavy atom. The van der Waals surface area contributed by atoms with E-state index in [0.29, 0.717) is 12.1 Å². The van der Waals surface area contributed by atoms with Crippen LogP contribution in [0.1, 0.15) is 29.6 Å². The average Bonchev–Trinajstić information content (AvgIpc) is 2.97. The molecule has 0 radical (unpaired) electrons. The lowest BCUT2D eigenvalue weighted by Crippen LogP contribution is -2.46. The quantitative estimate of drug-likeness (QED) is 0.774. The van der Waals surface area contributed by atoms with Crippen molar-refractivity contribution in [1.82, 2.24) is 9.80 Å². The maximum atomic E-state index is 12.6. The van der Waals surface area contributed by atoms with E-state index in [1.165, 1.54) is 0 Å². The van der Waals surface area contributed by atoms with Crippen molar-refractivity contribution in [3.63, 3.8) is 0 Å². The van der Waals surface area contributed by atoms with Gasteiger partial charge in [0.1, 0.15) is 0 Å². The van der Waals surface area contributed by atoms with Crippen LogP contribution < -0.4 is 5.73 Å². The molecular weight excluding hydrogens is 377 g/mol. The van der Waals surface area contributed by atoms with E-state index >= 15 is 0 Å². The number of benzene rings is 1. The Morgan fingerprint density at radius 1 is 1.19 bits per heavy atom. The summed E-state index contributed by atoms with van der Waals surface area (Å²) < 4.78 is 1.11. The van der Waals surface area contributed by atoms with Crippen molar-refractivity contribution < 1.29 is 4.79 Å². The molecule has 2 aliphatic rings. The van der Waals surface area contributed by atoms with E-state index in [-0.39, 0.29) is 5.91 Å². The second kappa shape index (κ2) is 6.62. The van der Waals surface area contributed by atoms with Crippen LogP contribution in [0.3, 0.4) is 0 Å². The molecule has 4 nitrogen and oxygen atoms in total. The lowest BCUT2D eigenvalue weighted by atomic mass is 10.0. The number of nitrogens with two attached hydrogens (primary N) is 1. The highest BCUT2D eigenvalue weighted by Gasteiger charge is 2.32. The molecule has 1 amide bonds. The molecule has 1 unspecified atom stereocenters. The van der Waals surface area contributed by atoms with Crippen LogP contribution in [0.2, 0.25) is 0 Å². The van der Waals surface area contributed by atoms with Crippen LogP contribution in [0.15, 0.2) is 24.3 Å². The zero-order valence-electron chi connectivity index (χ0n) is 12.2. The number of likely N-dealkylation sites (tertiary alicyclic amines) is 2. The van der Waals surface area contributed by atoms with Gasteiger partial charge in [0.05, 0.1) is 0 Å². The molecule has 2 heterocycles. The summed E-state index contributed by atoms with van der Waals surface area (Å²) in [4.78, 5) is 17.1. The summed E-state index contributed by atoms with van der Waals surface area (Å²) in [7, 11) is 0. The van der Waals surface area contributed by atoms with Gasteiger partial charge in [0, 0.05) is 34.3 Å². The SMILES string of the molecule is NC1CCN(C2CCN(C(=O)c3cccc(I)c3)C2)CC1. The fourth-order valence-corrected chi connectivity index (χ4v) is 3.86. The van der Waals surface area contributed by atoms with E-state index in [1.54, 1.807) is 0 Å². The van der Waals surface area contributed by atoms with Crippen LogP contribution >= 0.6 is 22.6 Å². The van der Waals surface area contributed by atoms with Gasteiger partial charge in [-0.05, 0) is 73.1 Å². The highest BCUT2D eigenvalue weighted by atomic mass is 127. The summed E-state index contributed by atoms with van der Waals surface area (Å²) in [5.41, 5.74) is 6.78. The number of halogens is 1. The number of carbonyl (C=O) groups excluding carboxylic acids is 1. The van der Waals surface area contributed by atoms with Gasteiger partial charge in [0.15, 0.2) is 0 Å². The Hall–Kier alpha value is -0.660. The van der Waals surface area contributed by atoms with Crippen LogP contribution in [0.4, 0.5) is 0 Å². The molecule has 0 bridgehead atoms. The molecule has 1 aromatic carbocycles. The third-order valence-electron chi connectivity index (χ3n) is 4.61. The van der Waals surface area contributed by atoms with Gasteiger partial charge in [-0.2, -0.15) is 0 Å². The van der Waals surface area contributed by atoms with Crippen LogP contribution in [0, 0.1) is 3.57 Å². The van der Waals surface area contributed by atoms with Gasteiger partial charge in [0.25, 0.3) is 5.91 Å². The smallest absolute Gasteiger partial charge is 0.253 e. The van der Waals surface area contributed by atoms with Crippen molar-refractivity contribution in [2.24, 2.45) is 5.73 Å². The summed E-state index contributed by atoms with van der Waals surface area (Å²) in [5, 5.41) is 0. The zero-order valence-corrected chi connectivity index (χ0v) is 14.3. The minimum absolute atomic E-state index is 0.171. The van der Waals surface area contributed by atoms with E-state index in [9.17, 15) is 4.79 Å². The van der Waals surface area contributed by atoms with E-state index in [2.05, 4.69) is 27.5 Å². The van der Waals surface area contributed by atoms with E-state index < -0.39 is 0 Å². The molecule has 21 heavy (non-hydrogen) atoms. The van der Waals surface area contributed by atoms with Crippen molar-refractivity contribution >= 4 is 28.5 Å². The summed E-state index contributed by atoms with van der Waals surface area (Å²) in [6.07, 6.45) is 3.26. The first kappa shape index (κ1) is 15.2. The normalized spacial score (nSPS) is 24.5. The molecule has 2 saturated heterocycles. The third kappa shape index (κ3) is 3.57. The fraction of sp³-hybridized carbons (Fsp3) is 0.562. The van der Waals surface area contributed by atoms with E-state index in [4.69, 9.17) is 5.73 Å². The molecule has 3 rings (SSSR count). The summed E-state index contributed by atoms with van der Waals surface area (Å²) in [5.74, 6) is 0.171. The predicted molar refractivity (Wildman–Crippen MR) is 92.2 cm³/mol. The summed E-state index contributed by atoms with van der Waals surface area (Å²) in [6, 6.07) is 8.74. The Labute approximate surface area is 139 Å². The molecule has 2 aliphatic heterocycles. The van der Waals surface area contributed by atoms with Gasteiger partial charge in [-0.1, -0.05) is 6.07 Å². The molecule has 2 fully saturated rings. The average molecular weight is 399 g/mol. The molecule has 114 valence electrons. The molecule has 2 N–H and O–H groups in total. The molecule has 0 saturated carbocycles. The minimum atomic E-state index is 0.171. The zero-order chi connectivity index (χ0) is 14.8. The summed E-state index contributed by atoms with van der Waals surface area (Å²) in [6.45, 7) is 3.89. The number of hydrogen-bond acceptors (Lipinski definition) is 3. The maximum Gasteiger partial charge on any atom is 0.253 e. The van der Waals surface area contributed by atoms with Crippen LogP contribution in [0.25, 0.3) is 0 Å². The Bertz CT molecular complexity index is 514. The number of hydrogen-bond donors (Lipinski definition) is 1. The van der Waals surface area contributed by atoms with Gasteiger partial charge >= 0.3 is 0 Å². The first-order valence-corrected chi connectivity index (χ1v) is 8.76. The number of rotatable bonds is 2. The molecule has 1 aromatic rings. The van der Waals surface area contributed by atoms with Gasteiger partial charge in [0.2, 0.25) is 0 Å². The molecule has 1 atom stereocenters. The Morgan fingerprint density at radius 3 is 2.67 bits per heavy atom. The second-order valence-electron chi connectivity index (χ2n) is 6.08. The highest BCUT2D eigenvalue weighted by molar-refractivity contribution is 14.1.